The van der Waals surface area contributed by atoms with Crippen molar-refractivity contribution in [2.45, 2.75) is 6.18 Å². The van der Waals surface area contributed by atoms with Gasteiger partial charge in [-0.15, -0.1) is 0 Å². The number of alkyl halides is 3. The Hall–Kier alpha value is -2.79. The average Bonchev–Trinajstić information content (AvgIpc) is 2.46. The number of pyridine rings is 1. The zero-order valence-electron chi connectivity index (χ0n) is 10.6. The maximum absolute atomic E-state index is 12.6. The second-order valence-electron chi connectivity index (χ2n) is 4.07. The molecule has 4 N–H and O–H groups in total. The highest BCUT2D eigenvalue weighted by Gasteiger charge is 2.31. The Morgan fingerprint density at radius 1 is 1.19 bits per heavy atom. The van der Waals surface area contributed by atoms with Crippen molar-refractivity contribution in [1.82, 2.24) is 4.98 Å². The number of nitrogens with zero attached hydrogens (tertiary/aromatic N) is 2. The number of rotatable bonds is 3. The number of aromatic nitrogens is 1. The van der Waals surface area contributed by atoms with E-state index >= 15 is 0 Å². The molecule has 0 aliphatic rings. The molecule has 1 heterocycles. The van der Waals surface area contributed by atoms with Gasteiger partial charge in [-0.3, -0.25) is 0 Å². The van der Waals surface area contributed by atoms with E-state index in [0.29, 0.717) is 11.5 Å². The predicted octanol–water partition coefficient (Wildman–Crippen LogP) is 3.00. The van der Waals surface area contributed by atoms with E-state index in [1.807, 2.05) is 0 Å². The molecule has 2 aromatic rings. The number of hydrogen-bond donors (Lipinski definition) is 3. The molecule has 0 saturated carbocycles. The van der Waals surface area contributed by atoms with Crippen molar-refractivity contribution in [2.75, 3.05) is 10.7 Å². The van der Waals surface area contributed by atoms with Crippen LogP contribution in [0.5, 0.6) is 0 Å². The molecular formula is C13H10F3N5. The standard InChI is InChI=1S/C13H10F3N5/c14-13(15,16)9-1-2-11(8(5-9)7-17)20-10-3-4-19-12(6-10)21-18/h1-6H,18H2,(H2,19,20,21). The minimum absolute atomic E-state index is 0.108. The molecule has 2 rings (SSSR count). The molecule has 0 saturated heterocycles. The monoisotopic (exact) mass is 293 g/mol. The van der Waals surface area contributed by atoms with Gasteiger partial charge in [0.05, 0.1) is 16.8 Å². The van der Waals surface area contributed by atoms with Crippen LogP contribution in [0.3, 0.4) is 0 Å². The number of hydrazine groups is 1. The van der Waals surface area contributed by atoms with Crippen LogP contribution in [0.1, 0.15) is 11.1 Å². The third-order valence-corrected chi connectivity index (χ3v) is 2.65. The van der Waals surface area contributed by atoms with Crippen molar-refractivity contribution < 1.29 is 13.2 Å². The highest BCUT2D eigenvalue weighted by molar-refractivity contribution is 5.68. The number of nitrogen functional groups attached to an aromatic ring is 1. The molecule has 0 atom stereocenters. The Bertz CT molecular complexity index is 691. The first-order valence-corrected chi connectivity index (χ1v) is 5.75. The molecule has 108 valence electrons. The van der Waals surface area contributed by atoms with Gasteiger partial charge < -0.3 is 10.7 Å². The Balaban J connectivity index is 2.34. The predicted molar refractivity (Wildman–Crippen MR) is 71.5 cm³/mol. The first-order valence-electron chi connectivity index (χ1n) is 5.75. The molecule has 1 aromatic heterocycles. The van der Waals surface area contributed by atoms with Crippen LogP contribution in [0.15, 0.2) is 36.5 Å². The largest absolute Gasteiger partial charge is 0.416 e. The summed E-state index contributed by atoms with van der Waals surface area (Å²) in [6.07, 6.45) is -3.02. The van der Waals surface area contributed by atoms with Crippen molar-refractivity contribution in [2.24, 2.45) is 5.84 Å². The summed E-state index contributed by atoms with van der Waals surface area (Å²) < 4.78 is 37.8. The molecule has 8 heteroatoms. The highest BCUT2D eigenvalue weighted by atomic mass is 19.4. The van der Waals surface area contributed by atoms with Gasteiger partial charge in [0.1, 0.15) is 11.9 Å². The topological polar surface area (TPSA) is 86.8 Å². The minimum Gasteiger partial charge on any atom is -0.354 e. The molecule has 0 bridgehead atoms. The molecule has 0 aliphatic carbocycles. The zero-order valence-corrected chi connectivity index (χ0v) is 10.6. The van der Waals surface area contributed by atoms with Crippen LogP contribution in [0.4, 0.5) is 30.4 Å². The second kappa shape index (κ2) is 5.68. The lowest BCUT2D eigenvalue weighted by molar-refractivity contribution is -0.137. The Morgan fingerprint density at radius 3 is 2.57 bits per heavy atom. The molecule has 0 unspecified atom stereocenters. The van der Waals surface area contributed by atoms with E-state index in [0.717, 1.165) is 12.1 Å². The summed E-state index contributed by atoms with van der Waals surface area (Å²) in [6, 6.07) is 7.80. The van der Waals surface area contributed by atoms with E-state index in [1.54, 1.807) is 18.2 Å². The Labute approximate surface area is 118 Å². The highest BCUT2D eigenvalue weighted by Crippen LogP contribution is 2.32. The van der Waals surface area contributed by atoms with E-state index < -0.39 is 11.7 Å². The number of hydrogen-bond acceptors (Lipinski definition) is 5. The number of nitrogens with two attached hydrogens (primary N) is 1. The first-order chi connectivity index (χ1) is 9.94. The fourth-order valence-electron chi connectivity index (χ4n) is 1.66. The van der Waals surface area contributed by atoms with Gasteiger partial charge >= 0.3 is 6.18 Å². The van der Waals surface area contributed by atoms with Crippen molar-refractivity contribution >= 4 is 17.2 Å². The van der Waals surface area contributed by atoms with Crippen LogP contribution in [-0.4, -0.2) is 4.98 Å². The molecule has 0 spiro atoms. The summed E-state index contributed by atoms with van der Waals surface area (Å²) in [5.41, 5.74) is 2.17. The summed E-state index contributed by atoms with van der Waals surface area (Å²) >= 11 is 0. The van der Waals surface area contributed by atoms with Crippen molar-refractivity contribution in [3.63, 3.8) is 0 Å². The molecule has 21 heavy (non-hydrogen) atoms. The second-order valence-corrected chi connectivity index (χ2v) is 4.07. The lowest BCUT2D eigenvalue weighted by Gasteiger charge is -2.12. The SMILES string of the molecule is N#Cc1cc(C(F)(F)F)ccc1Nc1ccnc(NN)c1. The number of halogens is 3. The van der Waals surface area contributed by atoms with E-state index in [9.17, 15) is 13.2 Å². The van der Waals surface area contributed by atoms with Crippen molar-refractivity contribution in [3.05, 3.63) is 47.7 Å². The number of anilines is 3. The van der Waals surface area contributed by atoms with Gasteiger partial charge in [0.2, 0.25) is 0 Å². The van der Waals surface area contributed by atoms with Crippen LogP contribution >= 0.6 is 0 Å². The van der Waals surface area contributed by atoms with Gasteiger partial charge in [0.15, 0.2) is 0 Å². The van der Waals surface area contributed by atoms with Crippen molar-refractivity contribution in [3.8, 4) is 6.07 Å². The van der Waals surface area contributed by atoms with Gasteiger partial charge in [0.25, 0.3) is 0 Å². The normalized spacial score (nSPS) is 10.8. The summed E-state index contributed by atoms with van der Waals surface area (Å²) in [6.45, 7) is 0. The maximum Gasteiger partial charge on any atom is 0.416 e. The molecule has 1 aromatic carbocycles. The van der Waals surface area contributed by atoms with E-state index in [4.69, 9.17) is 11.1 Å². The Kier molecular flexibility index (Phi) is 3.95. The van der Waals surface area contributed by atoms with E-state index in [-0.39, 0.29) is 11.3 Å². The van der Waals surface area contributed by atoms with Gasteiger partial charge in [0, 0.05) is 18.0 Å². The number of benzene rings is 1. The number of nitriles is 1. The summed E-state index contributed by atoms with van der Waals surface area (Å²) in [5.74, 6) is 5.60. The number of nitrogens with one attached hydrogen (secondary N) is 2. The summed E-state index contributed by atoms with van der Waals surface area (Å²) in [4.78, 5) is 3.90. The van der Waals surface area contributed by atoms with Crippen LogP contribution in [0.2, 0.25) is 0 Å². The molecule has 5 nitrogen and oxygen atoms in total. The quantitative estimate of drug-likeness (QED) is 0.598. The third-order valence-electron chi connectivity index (χ3n) is 2.65. The van der Waals surface area contributed by atoms with Crippen LogP contribution < -0.4 is 16.6 Å². The van der Waals surface area contributed by atoms with Crippen LogP contribution in [-0.2, 0) is 6.18 Å². The smallest absolute Gasteiger partial charge is 0.354 e. The van der Waals surface area contributed by atoms with Crippen LogP contribution in [0, 0.1) is 11.3 Å². The maximum atomic E-state index is 12.6. The summed E-state index contributed by atoms with van der Waals surface area (Å²) in [5, 5.41) is 11.8. The van der Waals surface area contributed by atoms with E-state index in [1.165, 1.54) is 12.3 Å². The molecule has 0 aliphatic heterocycles. The lowest BCUT2D eigenvalue weighted by atomic mass is 10.1. The lowest BCUT2D eigenvalue weighted by Crippen LogP contribution is -2.08. The summed E-state index contributed by atoms with van der Waals surface area (Å²) in [7, 11) is 0. The third kappa shape index (κ3) is 3.40. The molecular weight excluding hydrogens is 283 g/mol. The molecule has 0 amide bonds. The minimum atomic E-state index is -4.49. The molecule has 0 fully saturated rings. The molecule has 0 radical (unpaired) electrons. The average molecular weight is 293 g/mol. The Morgan fingerprint density at radius 2 is 1.95 bits per heavy atom. The van der Waals surface area contributed by atoms with Gasteiger partial charge in [-0.05, 0) is 24.3 Å². The fourth-order valence-corrected chi connectivity index (χ4v) is 1.66. The van der Waals surface area contributed by atoms with E-state index in [2.05, 4.69) is 15.7 Å². The van der Waals surface area contributed by atoms with Crippen LogP contribution in [0.25, 0.3) is 0 Å². The first kappa shape index (κ1) is 14.6. The van der Waals surface area contributed by atoms with Crippen molar-refractivity contribution in [1.29, 1.82) is 5.26 Å². The zero-order chi connectivity index (χ0) is 15.5. The fraction of sp³-hybridized carbons (Fsp3) is 0.0769. The van der Waals surface area contributed by atoms with Gasteiger partial charge in [-0.2, -0.15) is 18.4 Å². The van der Waals surface area contributed by atoms with Gasteiger partial charge in [-0.1, -0.05) is 0 Å². The van der Waals surface area contributed by atoms with Gasteiger partial charge in [-0.25, -0.2) is 10.8 Å².